The number of halogens is 1. The molecule has 2 aliphatic heterocycles. The molecule has 0 bridgehead atoms. The third-order valence-electron chi connectivity index (χ3n) is 7.31. The van der Waals surface area contributed by atoms with Crippen LogP contribution in [0, 0.1) is 5.82 Å². The molecule has 3 heterocycles. The lowest BCUT2D eigenvalue weighted by Gasteiger charge is -2.37. The van der Waals surface area contributed by atoms with Crippen LogP contribution in [0.4, 0.5) is 10.1 Å². The Morgan fingerprint density at radius 2 is 1.56 bits per heavy atom. The molecule has 0 radical (unpaired) electrons. The van der Waals surface area contributed by atoms with Gasteiger partial charge < -0.3 is 9.80 Å². The van der Waals surface area contributed by atoms with Gasteiger partial charge in [-0.2, -0.15) is 5.10 Å². The van der Waals surface area contributed by atoms with Gasteiger partial charge in [-0.05, 0) is 54.4 Å². The molecule has 1 saturated heterocycles. The van der Waals surface area contributed by atoms with E-state index in [0.29, 0.717) is 55.0 Å². The molecule has 39 heavy (non-hydrogen) atoms. The minimum absolute atomic E-state index is 0.0720. The van der Waals surface area contributed by atoms with Crippen molar-refractivity contribution in [2.45, 2.75) is 6.42 Å². The van der Waals surface area contributed by atoms with Gasteiger partial charge >= 0.3 is 0 Å². The Kier molecular flexibility index (Phi) is 6.40. The number of aromatic nitrogens is 2. The van der Waals surface area contributed by atoms with Crippen molar-refractivity contribution in [3.63, 3.8) is 0 Å². The van der Waals surface area contributed by atoms with Crippen LogP contribution in [-0.4, -0.2) is 70.0 Å². The number of anilines is 1. The molecule has 1 aromatic heterocycles. The summed E-state index contributed by atoms with van der Waals surface area (Å²) in [7, 11) is 0. The van der Waals surface area contributed by atoms with E-state index in [0.717, 1.165) is 11.3 Å². The molecule has 0 N–H and O–H groups in total. The number of hydrogen-bond acceptors (Lipinski definition) is 5. The fraction of sp³-hybridized carbons (Fsp3) is 0.200. The molecule has 0 spiro atoms. The summed E-state index contributed by atoms with van der Waals surface area (Å²) in [5.41, 5.74) is 3.66. The fourth-order valence-electron chi connectivity index (χ4n) is 5.26. The van der Waals surface area contributed by atoms with Gasteiger partial charge in [-0.15, -0.1) is 0 Å². The predicted octanol–water partition coefficient (Wildman–Crippen LogP) is 3.81. The number of nitrogens with zero attached hydrogens (tertiary/aromatic N) is 5. The molecular weight excluding hydrogens is 497 g/mol. The lowest BCUT2D eigenvalue weighted by molar-refractivity contribution is 0.0654. The lowest BCUT2D eigenvalue weighted by Crippen LogP contribution is -2.49. The van der Waals surface area contributed by atoms with Gasteiger partial charge in [0.1, 0.15) is 5.82 Å². The number of piperazine rings is 1. The quantitative estimate of drug-likeness (QED) is 0.359. The van der Waals surface area contributed by atoms with E-state index in [-0.39, 0.29) is 30.1 Å². The summed E-state index contributed by atoms with van der Waals surface area (Å²) in [6.07, 6.45) is 3.93. The van der Waals surface area contributed by atoms with Crippen LogP contribution in [0.25, 0.3) is 5.69 Å². The SMILES string of the molecule is O=C(c1ccccc1-n1cccn1)N1CCN(c2cccc3c2C(=O)N(CCc2ccc(F)cc2)C3=O)CC1. The lowest BCUT2D eigenvalue weighted by atomic mass is 10.1. The minimum Gasteiger partial charge on any atom is -0.367 e. The zero-order valence-electron chi connectivity index (χ0n) is 21.2. The number of amides is 3. The molecule has 1 fully saturated rings. The molecule has 3 aromatic carbocycles. The van der Waals surface area contributed by atoms with E-state index in [2.05, 4.69) is 10.00 Å². The number of hydrogen-bond donors (Lipinski definition) is 0. The Bertz CT molecular complexity index is 1540. The first-order valence-corrected chi connectivity index (χ1v) is 12.9. The summed E-state index contributed by atoms with van der Waals surface area (Å²) in [6, 6.07) is 20.6. The smallest absolute Gasteiger partial charge is 0.263 e. The van der Waals surface area contributed by atoms with E-state index in [9.17, 15) is 18.8 Å². The van der Waals surface area contributed by atoms with Crippen molar-refractivity contribution in [1.82, 2.24) is 19.6 Å². The summed E-state index contributed by atoms with van der Waals surface area (Å²) in [5.74, 6) is -1.03. The zero-order valence-corrected chi connectivity index (χ0v) is 21.2. The molecule has 9 heteroatoms. The van der Waals surface area contributed by atoms with Gasteiger partial charge in [0.25, 0.3) is 17.7 Å². The molecular formula is C30H26FN5O3. The van der Waals surface area contributed by atoms with Crippen molar-refractivity contribution in [3.05, 3.63) is 113 Å². The van der Waals surface area contributed by atoms with E-state index >= 15 is 0 Å². The molecule has 0 atom stereocenters. The maximum atomic E-state index is 13.4. The number of carbonyl (C=O) groups is 3. The Hall–Kier alpha value is -4.79. The van der Waals surface area contributed by atoms with Gasteiger partial charge in [-0.3, -0.25) is 19.3 Å². The van der Waals surface area contributed by atoms with Crippen molar-refractivity contribution in [2.24, 2.45) is 0 Å². The van der Waals surface area contributed by atoms with Crippen LogP contribution in [-0.2, 0) is 6.42 Å². The topological polar surface area (TPSA) is 78.8 Å². The number of benzene rings is 3. The van der Waals surface area contributed by atoms with E-state index < -0.39 is 0 Å². The summed E-state index contributed by atoms with van der Waals surface area (Å²) in [6.45, 7) is 2.24. The van der Waals surface area contributed by atoms with Gasteiger partial charge in [-0.1, -0.05) is 30.3 Å². The number of para-hydroxylation sites is 1. The summed E-state index contributed by atoms with van der Waals surface area (Å²) >= 11 is 0. The predicted molar refractivity (Wildman–Crippen MR) is 144 cm³/mol. The summed E-state index contributed by atoms with van der Waals surface area (Å²) < 4.78 is 14.9. The fourth-order valence-corrected chi connectivity index (χ4v) is 5.26. The van der Waals surface area contributed by atoms with Crippen LogP contribution >= 0.6 is 0 Å². The van der Waals surface area contributed by atoms with Gasteiger partial charge in [-0.25, -0.2) is 9.07 Å². The molecule has 196 valence electrons. The van der Waals surface area contributed by atoms with Gasteiger partial charge in [0.05, 0.1) is 28.1 Å². The highest BCUT2D eigenvalue weighted by atomic mass is 19.1. The summed E-state index contributed by atoms with van der Waals surface area (Å²) in [4.78, 5) is 45.1. The second-order valence-corrected chi connectivity index (χ2v) is 9.59. The molecule has 3 amide bonds. The van der Waals surface area contributed by atoms with Gasteiger partial charge in [0.2, 0.25) is 0 Å². The second-order valence-electron chi connectivity index (χ2n) is 9.59. The third-order valence-corrected chi connectivity index (χ3v) is 7.31. The van der Waals surface area contributed by atoms with Crippen LogP contribution in [0.1, 0.15) is 36.6 Å². The van der Waals surface area contributed by atoms with E-state index in [1.54, 1.807) is 47.4 Å². The Morgan fingerprint density at radius 3 is 2.31 bits per heavy atom. The maximum absolute atomic E-state index is 13.4. The van der Waals surface area contributed by atoms with Crippen molar-refractivity contribution in [2.75, 3.05) is 37.6 Å². The highest BCUT2D eigenvalue weighted by molar-refractivity contribution is 6.23. The minimum atomic E-state index is -0.326. The molecule has 2 aliphatic rings. The van der Waals surface area contributed by atoms with Gasteiger partial charge in [0, 0.05) is 45.1 Å². The number of rotatable bonds is 6. The first kappa shape index (κ1) is 24.5. The molecule has 4 aromatic rings. The molecule has 6 rings (SSSR count). The third kappa shape index (κ3) is 4.56. The van der Waals surface area contributed by atoms with Crippen molar-refractivity contribution >= 4 is 23.4 Å². The van der Waals surface area contributed by atoms with Crippen LogP contribution < -0.4 is 4.90 Å². The Labute approximate surface area is 224 Å². The van der Waals surface area contributed by atoms with E-state index in [1.807, 2.05) is 35.2 Å². The Morgan fingerprint density at radius 1 is 0.821 bits per heavy atom. The average Bonchev–Trinajstić information content (AvgIpc) is 3.60. The van der Waals surface area contributed by atoms with Crippen molar-refractivity contribution in [1.29, 1.82) is 0 Å². The molecule has 0 saturated carbocycles. The van der Waals surface area contributed by atoms with Crippen molar-refractivity contribution < 1.29 is 18.8 Å². The standard InChI is InChI=1S/C30H26FN5O3/c31-22-11-9-21(10-12-22)13-16-35-29(38)24-6-3-8-26(27(24)30(35)39)33-17-19-34(20-18-33)28(37)23-5-1-2-7-25(23)36-15-4-14-32-36/h1-12,14-15H,13,16-20H2. The highest BCUT2D eigenvalue weighted by Gasteiger charge is 2.38. The number of fused-ring (bicyclic) bond motifs is 1. The first-order valence-electron chi connectivity index (χ1n) is 12.9. The van der Waals surface area contributed by atoms with Crippen LogP contribution in [0.5, 0.6) is 0 Å². The van der Waals surface area contributed by atoms with Crippen molar-refractivity contribution in [3.8, 4) is 5.69 Å². The van der Waals surface area contributed by atoms with E-state index in [4.69, 9.17) is 0 Å². The van der Waals surface area contributed by atoms with Crippen LogP contribution in [0.3, 0.4) is 0 Å². The molecule has 8 nitrogen and oxygen atoms in total. The average molecular weight is 524 g/mol. The van der Waals surface area contributed by atoms with Crippen LogP contribution in [0.2, 0.25) is 0 Å². The zero-order chi connectivity index (χ0) is 26.9. The van der Waals surface area contributed by atoms with Gasteiger partial charge in [0.15, 0.2) is 0 Å². The van der Waals surface area contributed by atoms with Crippen LogP contribution in [0.15, 0.2) is 85.2 Å². The normalized spacial score (nSPS) is 15.2. The summed E-state index contributed by atoms with van der Waals surface area (Å²) in [5, 5.41) is 4.27. The molecule has 0 unspecified atom stereocenters. The number of carbonyl (C=O) groups excluding carboxylic acids is 3. The second kappa shape index (κ2) is 10.2. The first-order chi connectivity index (χ1) is 19.0. The van der Waals surface area contributed by atoms with E-state index in [1.165, 1.54) is 17.0 Å². The highest BCUT2D eigenvalue weighted by Crippen LogP contribution is 2.32. The molecule has 0 aliphatic carbocycles. The monoisotopic (exact) mass is 523 g/mol. The largest absolute Gasteiger partial charge is 0.367 e. The Balaban J connectivity index is 1.16. The number of imide groups is 1. The maximum Gasteiger partial charge on any atom is 0.263 e.